The fourth-order valence-corrected chi connectivity index (χ4v) is 3.71. The summed E-state index contributed by atoms with van der Waals surface area (Å²) in [6.45, 7) is 2.15. The molecular formula is C18H24N2O3. The first-order valence-electron chi connectivity index (χ1n) is 8.74. The summed E-state index contributed by atoms with van der Waals surface area (Å²) in [7, 11) is 0. The molecule has 2 heterocycles. The van der Waals surface area contributed by atoms with Crippen molar-refractivity contribution in [2.24, 2.45) is 5.92 Å². The van der Waals surface area contributed by atoms with Crippen LogP contribution in [-0.2, 0) is 20.7 Å². The van der Waals surface area contributed by atoms with Gasteiger partial charge in [-0.1, -0.05) is 6.07 Å². The third kappa shape index (κ3) is 3.40. The first-order chi connectivity index (χ1) is 11.3. The van der Waals surface area contributed by atoms with Crippen molar-refractivity contribution in [1.29, 1.82) is 0 Å². The van der Waals surface area contributed by atoms with Crippen LogP contribution in [0.3, 0.4) is 0 Å². The molecule has 3 aliphatic rings. The Bertz CT molecular complexity index is 546. The highest BCUT2D eigenvalue weighted by Crippen LogP contribution is 2.35. The summed E-state index contributed by atoms with van der Waals surface area (Å²) in [5.74, 6) is 0.921. The van der Waals surface area contributed by atoms with Crippen molar-refractivity contribution in [3.05, 3.63) is 30.1 Å². The van der Waals surface area contributed by atoms with Gasteiger partial charge in [0.15, 0.2) is 0 Å². The molecule has 5 nitrogen and oxygen atoms in total. The molecule has 3 atom stereocenters. The molecule has 4 rings (SSSR count). The van der Waals surface area contributed by atoms with Crippen molar-refractivity contribution >= 4 is 5.91 Å². The molecule has 2 aliphatic carbocycles. The van der Waals surface area contributed by atoms with Crippen LogP contribution in [-0.4, -0.2) is 53.8 Å². The van der Waals surface area contributed by atoms with E-state index in [0.29, 0.717) is 19.6 Å². The van der Waals surface area contributed by atoms with E-state index in [4.69, 9.17) is 9.47 Å². The zero-order chi connectivity index (χ0) is 15.6. The van der Waals surface area contributed by atoms with Gasteiger partial charge in [0.2, 0.25) is 5.91 Å². The molecule has 0 aromatic carbocycles. The summed E-state index contributed by atoms with van der Waals surface area (Å²) in [5, 5.41) is 0. The number of nitrogens with zero attached hydrogens (tertiary/aromatic N) is 2. The number of rotatable bonds is 5. The minimum absolute atomic E-state index is 0.0511. The summed E-state index contributed by atoms with van der Waals surface area (Å²) < 4.78 is 12.0. The predicted molar refractivity (Wildman–Crippen MR) is 84.9 cm³/mol. The minimum Gasteiger partial charge on any atom is -0.375 e. The summed E-state index contributed by atoms with van der Waals surface area (Å²) in [6.07, 6.45) is 6.90. The van der Waals surface area contributed by atoms with Gasteiger partial charge in [0.1, 0.15) is 6.10 Å². The number of hydrogen-bond donors (Lipinski definition) is 0. The van der Waals surface area contributed by atoms with Crippen molar-refractivity contribution in [3.8, 4) is 0 Å². The predicted octanol–water partition coefficient (Wildman–Crippen LogP) is 1.81. The highest BCUT2D eigenvalue weighted by atomic mass is 16.5. The lowest BCUT2D eigenvalue weighted by molar-refractivity contribution is -0.151. The van der Waals surface area contributed by atoms with Crippen molar-refractivity contribution in [2.45, 2.75) is 50.4 Å². The van der Waals surface area contributed by atoms with E-state index in [1.807, 2.05) is 23.1 Å². The molecule has 0 N–H and O–H groups in total. The topological polar surface area (TPSA) is 51.7 Å². The summed E-state index contributed by atoms with van der Waals surface area (Å²) in [6, 6.07) is 5.88. The SMILES string of the molecule is O=C(Cc1ccccn1)N1CCO[C@H]2[C@H](OCC3CC3)CC[C@@H]21. The molecule has 1 aromatic rings. The van der Waals surface area contributed by atoms with E-state index in [9.17, 15) is 4.79 Å². The number of carbonyl (C=O) groups is 1. The summed E-state index contributed by atoms with van der Waals surface area (Å²) in [5.41, 5.74) is 0.833. The average Bonchev–Trinajstić information content (AvgIpc) is 3.32. The van der Waals surface area contributed by atoms with Gasteiger partial charge in [-0.2, -0.15) is 0 Å². The maximum Gasteiger partial charge on any atom is 0.229 e. The van der Waals surface area contributed by atoms with E-state index in [-0.39, 0.29) is 24.2 Å². The normalized spacial score (nSPS) is 30.3. The van der Waals surface area contributed by atoms with E-state index in [1.54, 1.807) is 6.20 Å². The summed E-state index contributed by atoms with van der Waals surface area (Å²) >= 11 is 0. The largest absolute Gasteiger partial charge is 0.375 e. The van der Waals surface area contributed by atoms with Crippen molar-refractivity contribution in [1.82, 2.24) is 9.88 Å². The number of carbonyl (C=O) groups excluding carboxylic acids is 1. The molecule has 1 aromatic heterocycles. The van der Waals surface area contributed by atoms with Crippen LogP contribution >= 0.6 is 0 Å². The second kappa shape index (κ2) is 6.57. The van der Waals surface area contributed by atoms with Gasteiger partial charge in [-0.25, -0.2) is 0 Å². The van der Waals surface area contributed by atoms with Crippen LogP contribution < -0.4 is 0 Å². The highest BCUT2D eigenvalue weighted by molar-refractivity contribution is 5.79. The molecule has 3 fully saturated rings. The Kier molecular flexibility index (Phi) is 4.31. The smallest absolute Gasteiger partial charge is 0.229 e. The quantitative estimate of drug-likeness (QED) is 0.831. The number of morpholine rings is 1. The van der Waals surface area contributed by atoms with Gasteiger partial charge in [-0.05, 0) is 43.7 Å². The van der Waals surface area contributed by atoms with Gasteiger partial charge in [-0.3, -0.25) is 9.78 Å². The van der Waals surface area contributed by atoms with Crippen molar-refractivity contribution in [2.75, 3.05) is 19.8 Å². The second-order valence-electron chi connectivity index (χ2n) is 6.88. The first kappa shape index (κ1) is 15.1. The Hall–Kier alpha value is -1.46. The van der Waals surface area contributed by atoms with Crippen LogP contribution in [0.2, 0.25) is 0 Å². The standard InChI is InChI=1S/C18H24N2O3/c21-17(11-14-3-1-2-8-19-14)20-9-10-22-18-15(20)6-7-16(18)23-12-13-4-5-13/h1-3,8,13,15-16,18H,4-7,9-12H2/t15-,16+,18+/m0/s1. The highest BCUT2D eigenvalue weighted by Gasteiger charge is 2.45. The maximum atomic E-state index is 12.7. The van der Waals surface area contributed by atoms with E-state index in [0.717, 1.165) is 31.1 Å². The molecule has 0 unspecified atom stereocenters. The molecule has 1 saturated heterocycles. The number of amides is 1. The molecular weight excluding hydrogens is 292 g/mol. The molecule has 1 aliphatic heterocycles. The Morgan fingerprint density at radius 3 is 3.00 bits per heavy atom. The zero-order valence-corrected chi connectivity index (χ0v) is 13.4. The first-order valence-corrected chi connectivity index (χ1v) is 8.74. The minimum atomic E-state index is 0.0511. The monoisotopic (exact) mass is 316 g/mol. The second-order valence-corrected chi connectivity index (χ2v) is 6.88. The zero-order valence-electron chi connectivity index (χ0n) is 13.4. The number of hydrogen-bond acceptors (Lipinski definition) is 4. The van der Waals surface area contributed by atoms with Gasteiger partial charge in [0.25, 0.3) is 0 Å². The van der Waals surface area contributed by atoms with Gasteiger partial charge in [-0.15, -0.1) is 0 Å². The fourth-order valence-electron chi connectivity index (χ4n) is 3.71. The lowest BCUT2D eigenvalue weighted by atomic mass is 10.1. The average molecular weight is 316 g/mol. The molecule has 1 amide bonds. The van der Waals surface area contributed by atoms with E-state index >= 15 is 0 Å². The molecule has 124 valence electrons. The molecule has 23 heavy (non-hydrogen) atoms. The van der Waals surface area contributed by atoms with E-state index in [2.05, 4.69) is 4.98 Å². The van der Waals surface area contributed by atoms with Crippen molar-refractivity contribution < 1.29 is 14.3 Å². The number of fused-ring (bicyclic) bond motifs is 1. The van der Waals surface area contributed by atoms with Gasteiger partial charge < -0.3 is 14.4 Å². The van der Waals surface area contributed by atoms with Crippen LogP contribution in [0.15, 0.2) is 24.4 Å². The van der Waals surface area contributed by atoms with Crippen LogP contribution in [0.1, 0.15) is 31.4 Å². The number of aromatic nitrogens is 1. The van der Waals surface area contributed by atoms with Crippen LogP contribution in [0.4, 0.5) is 0 Å². The lowest BCUT2D eigenvalue weighted by Crippen LogP contribution is -2.54. The van der Waals surface area contributed by atoms with E-state index < -0.39 is 0 Å². The Morgan fingerprint density at radius 2 is 2.22 bits per heavy atom. The van der Waals surface area contributed by atoms with E-state index in [1.165, 1.54) is 12.8 Å². The third-order valence-corrected chi connectivity index (χ3v) is 5.16. The van der Waals surface area contributed by atoms with Gasteiger partial charge in [0.05, 0.1) is 25.2 Å². The fraction of sp³-hybridized carbons (Fsp3) is 0.667. The lowest BCUT2D eigenvalue weighted by Gasteiger charge is -2.39. The van der Waals surface area contributed by atoms with Crippen molar-refractivity contribution in [3.63, 3.8) is 0 Å². The molecule has 0 radical (unpaired) electrons. The third-order valence-electron chi connectivity index (χ3n) is 5.16. The molecule has 0 spiro atoms. The number of pyridine rings is 1. The molecule has 2 saturated carbocycles. The summed E-state index contributed by atoms with van der Waals surface area (Å²) in [4.78, 5) is 19.0. The Morgan fingerprint density at radius 1 is 1.30 bits per heavy atom. The van der Waals surface area contributed by atoms with Crippen LogP contribution in [0, 0.1) is 5.92 Å². The van der Waals surface area contributed by atoms with Gasteiger partial charge >= 0.3 is 0 Å². The number of ether oxygens (including phenoxy) is 2. The van der Waals surface area contributed by atoms with Crippen LogP contribution in [0.5, 0.6) is 0 Å². The molecule has 0 bridgehead atoms. The Balaban J connectivity index is 1.38. The van der Waals surface area contributed by atoms with Gasteiger partial charge in [0, 0.05) is 25.0 Å². The molecule has 5 heteroatoms. The maximum absolute atomic E-state index is 12.7. The Labute approximate surface area is 137 Å². The van der Waals surface area contributed by atoms with Crippen LogP contribution in [0.25, 0.3) is 0 Å².